The van der Waals surface area contributed by atoms with Crippen LogP contribution in [-0.2, 0) is 0 Å². The van der Waals surface area contributed by atoms with Crippen LogP contribution in [0.3, 0.4) is 0 Å². The molecule has 0 aliphatic heterocycles. The molecule has 0 amide bonds. The molecule has 0 N–H and O–H groups in total. The van der Waals surface area contributed by atoms with Crippen molar-refractivity contribution in [1.82, 2.24) is 0 Å². The molecule has 0 unspecified atom stereocenters. The van der Waals surface area contributed by atoms with Gasteiger partial charge in [-0.1, -0.05) is 45.6 Å². The molecular weight excluding hydrogens is 144 g/mol. The molecule has 1 radical (unpaired) electrons. The van der Waals surface area contributed by atoms with Crippen molar-refractivity contribution in [1.29, 1.82) is 0 Å². The summed E-state index contributed by atoms with van der Waals surface area (Å²) in [4.78, 5) is 0. The monoisotopic (exact) mass is 167 g/mol. The molecule has 0 aromatic heterocycles. The zero-order valence-corrected chi connectivity index (χ0v) is 8.73. The molecule has 0 aliphatic rings. The van der Waals surface area contributed by atoms with Gasteiger partial charge in [0.25, 0.3) is 0 Å². The topological polar surface area (TPSA) is 0 Å². The van der Waals surface area contributed by atoms with Gasteiger partial charge in [-0.2, -0.15) is 0 Å². The SMILES string of the molecule is CCCC/[C]=C\CCCCCC. The predicted molar refractivity (Wildman–Crippen MR) is 56.1 cm³/mol. The van der Waals surface area contributed by atoms with Gasteiger partial charge in [0, 0.05) is 0 Å². The van der Waals surface area contributed by atoms with Crippen LogP contribution in [0.25, 0.3) is 0 Å². The van der Waals surface area contributed by atoms with Crippen LogP contribution in [0.1, 0.15) is 65.2 Å². The lowest BCUT2D eigenvalue weighted by Gasteiger charge is -1.93. The van der Waals surface area contributed by atoms with Gasteiger partial charge in [0.05, 0.1) is 0 Å². The molecule has 71 valence electrons. The number of rotatable bonds is 8. The summed E-state index contributed by atoms with van der Waals surface area (Å²) in [5, 5.41) is 0. The van der Waals surface area contributed by atoms with Gasteiger partial charge >= 0.3 is 0 Å². The number of hydrogen-bond acceptors (Lipinski definition) is 0. The van der Waals surface area contributed by atoms with E-state index in [1.807, 2.05) is 0 Å². The Balaban J connectivity index is 2.92. The Bertz CT molecular complexity index is 92.2. The van der Waals surface area contributed by atoms with E-state index in [-0.39, 0.29) is 0 Å². The van der Waals surface area contributed by atoms with Crippen molar-refractivity contribution in [3.8, 4) is 0 Å². The van der Waals surface area contributed by atoms with E-state index in [0.717, 1.165) is 6.42 Å². The molecular formula is C12H23. The molecule has 0 bridgehead atoms. The summed E-state index contributed by atoms with van der Waals surface area (Å²) >= 11 is 0. The highest BCUT2D eigenvalue weighted by atomic mass is 13.9. The summed E-state index contributed by atoms with van der Waals surface area (Å²) in [5.41, 5.74) is 0. The number of hydrogen-bond donors (Lipinski definition) is 0. The highest BCUT2D eigenvalue weighted by Gasteiger charge is 1.84. The van der Waals surface area contributed by atoms with Crippen LogP contribution >= 0.6 is 0 Å². The maximum absolute atomic E-state index is 3.34. The Morgan fingerprint density at radius 1 is 0.917 bits per heavy atom. The van der Waals surface area contributed by atoms with Crippen molar-refractivity contribution in [2.45, 2.75) is 65.2 Å². The van der Waals surface area contributed by atoms with E-state index in [9.17, 15) is 0 Å². The molecule has 0 saturated heterocycles. The van der Waals surface area contributed by atoms with E-state index >= 15 is 0 Å². The summed E-state index contributed by atoms with van der Waals surface area (Å²) in [6, 6.07) is 0. The Labute approximate surface area is 78.1 Å². The minimum atomic E-state index is 1.16. The maximum atomic E-state index is 3.34. The van der Waals surface area contributed by atoms with Crippen LogP contribution in [0, 0.1) is 6.08 Å². The maximum Gasteiger partial charge on any atom is -0.0280 e. The summed E-state index contributed by atoms with van der Waals surface area (Å²) < 4.78 is 0. The first kappa shape index (κ1) is 11.7. The molecule has 12 heavy (non-hydrogen) atoms. The second-order valence-electron chi connectivity index (χ2n) is 3.36. The molecule has 0 heterocycles. The van der Waals surface area contributed by atoms with Crippen molar-refractivity contribution in [3.05, 3.63) is 12.2 Å². The highest BCUT2D eigenvalue weighted by molar-refractivity contribution is 4.73. The molecule has 0 rings (SSSR count). The van der Waals surface area contributed by atoms with E-state index in [0.29, 0.717) is 0 Å². The lowest BCUT2D eigenvalue weighted by molar-refractivity contribution is 0.672. The van der Waals surface area contributed by atoms with Crippen LogP contribution in [0.15, 0.2) is 6.08 Å². The van der Waals surface area contributed by atoms with E-state index in [1.165, 1.54) is 44.9 Å². The van der Waals surface area contributed by atoms with Gasteiger partial charge < -0.3 is 0 Å². The summed E-state index contributed by atoms with van der Waals surface area (Å²) in [7, 11) is 0. The lowest BCUT2D eigenvalue weighted by Crippen LogP contribution is -1.74. The van der Waals surface area contributed by atoms with Crippen LogP contribution < -0.4 is 0 Å². The first-order valence-corrected chi connectivity index (χ1v) is 5.46. The van der Waals surface area contributed by atoms with Crippen molar-refractivity contribution in [2.24, 2.45) is 0 Å². The Morgan fingerprint density at radius 2 is 1.67 bits per heavy atom. The minimum Gasteiger partial charge on any atom is -0.0811 e. The third-order valence-electron chi connectivity index (χ3n) is 2.02. The van der Waals surface area contributed by atoms with Crippen molar-refractivity contribution < 1.29 is 0 Å². The molecule has 0 fully saturated rings. The van der Waals surface area contributed by atoms with E-state index in [1.54, 1.807) is 0 Å². The summed E-state index contributed by atoms with van der Waals surface area (Å²) in [6.45, 7) is 4.48. The summed E-state index contributed by atoms with van der Waals surface area (Å²) in [6.07, 6.45) is 16.0. The molecule has 0 aromatic rings. The molecule has 0 spiro atoms. The van der Waals surface area contributed by atoms with Crippen molar-refractivity contribution in [3.63, 3.8) is 0 Å². The molecule has 0 saturated carbocycles. The minimum absolute atomic E-state index is 1.16. The van der Waals surface area contributed by atoms with Gasteiger partial charge in [0.15, 0.2) is 0 Å². The highest BCUT2D eigenvalue weighted by Crippen LogP contribution is 2.03. The molecule has 0 aliphatic carbocycles. The second kappa shape index (κ2) is 10.7. The average Bonchev–Trinajstić information content (AvgIpc) is 2.10. The summed E-state index contributed by atoms with van der Waals surface area (Å²) in [5.74, 6) is 0. The molecule has 0 atom stereocenters. The average molecular weight is 167 g/mol. The lowest BCUT2D eigenvalue weighted by atomic mass is 10.1. The van der Waals surface area contributed by atoms with Crippen LogP contribution in [0.4, 0.5) is 0 Å². The third kappa shape index (κ3) is 9.74. The normalized spacial score (nSPS) is 11.2. The van der Waals surface area contributed by atoms with Crippen molar-refractivity contribution >= 4 is 0 Å². The first-order valence-electron chi connectivity index (χ1n) is 5.46. The van der Waals surface area contributed by atoms with Gasteiger partial charge in [-0.15, -0.1) is 0 Å². The second-order valence-corrected chi connectivity index (χ2v) is 3.36. The zero-order chi connectivity index (χ0) is 9.07. The van der Waals surface area contributed by atoms with Crippen LogP contribution in [-0.4, -0.2) is 0 Å². The third-order valence-corrected chi connectivity index (χ3v) is 2.02. The van der Waals surface area contributed by atoms with Gasteiger partial charge in [-0.25, -0.2) is 0 Å². The fourth-order valence-corrected chi connectivity index (χ4v) is 1.16. The van der Waals surface area contributed by atoms with Gasteiger partial charge in [0.2, 0.25) is 0 Å². The molecule has 0 heteroatoms. The standard InChI is InChI=1S/C12H23/c1-3-5-7-9-11-12-10-8-6-4-2/h12H,3-9,11H2,1-2H3. The zero-order valence-electron chi connectivity index (χ0n) is 8.73. The van der Waals surface area contributed by atoms with Crippen LogP contribution in [0.2, 0.25) is 0 Å². The van der Waals surface area contributed by atoms with Gasteiger partial charge in [0.1, 0.15) is 0 Å². The van der Waals surface area contributed by atoms with Crippen LogP contribution in [0.5, 0.6) is 0 Å². The molecule has 0 nitrogen and oxygen atoms in total. The fraction of sp³-hybridized carbons (Fsp3) is 0.833. The predicted octanol–water partition coefficient (Wildman–Crippen LogP) is 4.51. The largest absolute Gasteiger partial charge is 0.0811 e. The number of allylic oxidation sites excluding steroid dienone is 2. The quantitative estimate of drug-likeness (QED) is 0.467. The van der Waals surface area contributed by atoms with E-state index < -0.39 is 0 Å². The van der Waals surface area contributed by atoms with E-state index in [2.05, 4.69) is 26.0 Å². The van der Waals surface area contributed by atoms with Crippen molar-refractivity contribution in [2.75, 3.05) is 0 Å². The fourth-order valence-electron chi connectivity index (χ4n) is 1.16. The van der Waals surface area contributed by atoms with Gasteiger partial charge in [-0.05, 0) is 31.8 Å². The van der Waals surface area contributed by atoms with Gasteiger partial charge in [-0.3, -0.25) is 0 Å². The smallest absolute Gasteiger partial charge is 0.0280 e. The Kier molecular flexibility index (Phi) is 10.5. The Hall–Kier alpha value is -0.260. The number of unbranched alkanes of at least 4 members (excludes halogenated alkanes) is 6. The van der Waals surface area contributed by atoms with E-state index in [4.69, 9.17) is 0 Å². The first-order chi connectivity index (χ1) is 5.91. The molecule has 0 aromatic carbocycles. The Morgan fingerprint density at radius 3 is 2.33 bits per heavy atom.